The molecule has 3 rings (SSSR count). The van der Waals surface area contributed by atoms with Gasteiger partial charge in [0.1, 0.15) is 5.82 Å². The van der Waals surface area contributed by atoms with Crippen molar-refractivity contribution in [2.24, 2.45) is 0 Å². The van der Waals surface area contributed by atoms with Crippen LogP contribution in [-0.2, 0) is 6.54 Å². The van der Waals surface area contributed by atoms with Gasteiger partial charge in [-0.3, -0.25) is 0 Å². The van der Waals surface area contributed by atoms with E-state index in [4.69, 9.17) is 0 Å². The summed E-state index contributed by atoms with van der Waals surface area (Å²) in [5, 5.41) is 6.73. The lowest BCUT2D eigenvalue weighted by atomic mass is 10.1. The zero-order chi connectivity index (χ0) is 19.9. The first-order chi connectivity index (χ1) is 13.6. The summed E-state index contributed by atoms with van der Waals surface area (Å²) in [5.41, 5.74) is 5.67. The molecule has 146 valence electrons. The molecule has 0 saturated carbocycles. The molecular weight excluding hydrogens is 346 g/mol. The van der Waals surface area contributed by atoms with Gasteiger partial charge in [-0.15, -0.1) is 0 Å². The van der Waals surface area contributed by atoms with Gasteiger partial charge in [0.25, 0.3) is 0 Å². The largest absolute Gasteiger partial charge is 0.372 e. The van der Waals surface area contributed by atoms with Crippen LogP contribution in [0.15, 0.2) is 54.6 Å². The number of hydrogen-bond acceptors (Lipinski definition) is 5. The maximum absolute atomic E-state index is 4.62. The number of rotatable bonds is 8. The molecule has 1 heterocycles. The van der Waals surface area contributed by atoms with E-state index in [9.17, 15) is 0 Å². The summed E-state index contributed by atoms with van der Waals surface area (Å²) in [6.45, 7) is 11.1. The molecule has 2 aromatic carbocycles. The molecule has 0 bridgehead atoms. The highest BCUT2D eigenvalue weighted by atomic mass is 15.1. The zero-order valence-electron chi connectivity index (χ0n) is 17.2. The number of aromatic nitrogens is 2. The number of nitrogens with one attached hydrogen (secondary N) is 2. The predicted octanol–water partition coefficient (Wildman–Crippen LogP) is 5.30. The standard InChI is InChI=1S/C23H29N5/c1-5-28(6-2)21-13-11-20(12-14-21)26-22-15-18(4)25-23(27-22)24-16-19-10-8-7-9-17(19)3/h7-15H,5-6,16H2,1-4H3,(H2,24,25,26,27). The van der Waals surface area contributed by atoms with Crippen molar-refractivity contribution in [3.8, 4) is 0 Å². The van der Waals surface area contributed by atoms with Crippen molar-refractivity contribution in [3.05, 3.63) is 71.4 Å². The topological polar surface area (TPSA) is 53.1 Å². The molecule has 3 aromatic rings. The van der Waals surface area contributed by atoms with Gasteiger partial charge in [-0.05, 0) is 63.1 Å². The van der Waals surface area contributed by atoms with Crippen molar-refractivity contribution in [2.45, 2.75) is 34.2 Å². The molecule has 28 heavy (non-hydrogen) atoms. The molecule has 1 aromatic heterocycles. The van der Waals surface area contributed by atoms with E-state index in [1.807, 2.05) is 13.0 Å². The number of aryl methyl sites for hydroxylation is 2. The van der Waals surface area contributed by atoms with Crippen molar-refractivity contribution < 1.29 is 0 Å². The van der Waals surface area contributed by atoms with E-state index in [2.05, 4.69) is 94.8 Å². The first-order valence-electron chi connectivity index (χ1n) is 9.85. The van der Waals surface area contributed by atoms with Crippen molar-refractivity contribution in [1.29, 1.82) is 0 Å². The molecule has 0 saturated heterocycles. The molecule has 0 aliphatic rings. The van der Waals surface area contributed by atoms with E-state index in [0.29, 0.717) is 12.5 Å². The summed E-state index contributed by atoms with van der Waals surface area (Å²) in [5.74, 6) is 1.42. The maximum Gasteiger partial charge on any atom is 0.225 e. The van der Waals surface area contributed by atoms with Crippen LogP contribution in [0.4, 0.5) is 23.1 Å². The second kappa shape index (κ2) is 9.22. The first-order valence-corrected chi connectivity index (χ1v) is 9.85. The zero-order valence-corrected chi connectivity index (χ0v) is 17.2. The fourth-order valence-corrected chi connectivity index (χ4v) is 3.19. The summed E-state index contributed by atoms with van der Waals surface area (Å²) in [6, 6.07) is 18.7. The van der Waals surface area contributed by atoms with Crippen LogP contribution in [0.3, 0.4) is 0 Å². The minimum absolute atomic E-state index is 0.630. The minimum atomic E-state index is 0.630. The van der Waals surface area contributed by atoms with Crippen molar-refractivity contribution in [3.63, 3.8) is 0 Å². The second-order valence-corrected chi connectivity index (χ2v) is 6.84. The van der Waals surface area contributed by atoms with Crippen LogP contribution in [0, 0.1) is 13.8 Å². The van der Waals surface area contributed by atoms with E-state index in [1.54, 1.807) is 0 Å². The van der Waals surface area contributed by atoms with Gasteiger partial charge in [0.05, 0.1) is 0 Å². The Balaban J connectivity index is 1.70. The predicted molar refractivity (Wildman–Crippen MR) is 119 cm³/mol. The van der Waals surface area contributed by atoms with Gasteiger partial charge in [0, 0.05) is 42.8 Å². The van der Waals surface area contributed by atoms with Crippen LogP contribution in [0.5, 0.6) is 0 Å². The highest BCUT2D eigenvalue weighted by Crippen LogP contribution is 2.21. The second-order valence-electron chi connectivity index (χ2n) is 6.84. The van der Waals surface area contributed by atoms with Crippen LogP contribution in [0.2, 0.25) is 0 Å². The molecule has 0 spiro atoms. The third-order valence-corrected chi connectivity index (χ3v) is 4.82. The average Bonchev–Trinajstić information content (AvgIpc) is 2.69. The van der Waals surface area contributed by atoms with E-state index in [1.165, 1.54) is 16.8 Å². The quantitative estimate of drug-likeness (QED) is 0.560. The maximum atomic E-state index is 4.62. The van der Waals surface area contributed by atoms with Gasteiger partial charge in [-0.25, -0.2) is 4.98 Å². The van der Waals surface area contributed by atoms with Gasteiger partial charge in [0.2, 0.25) is 5.95 Å². The molecule has 0 fully saturated rings. The summed E-state index contributed by atoms with van der Waals surface area (Å²) in [7, 11) is 0. The normalized spacial score (nSPS) is 10.6. The van der Waals surface area contributed by atoms with E-state index < -0.39 is 0 Å². The molecule has 0 atom stereocenters. The fourth-order valence-electron chi connectivity index (χ4n) is 3.19. The van der Waals surface area contributed by atoms with Crippen LogP contribution >= 0.6 is 0 Å². The Morgan fingerprint density at radius 3 is 2.29 bits per heavy atom. The van der Waals surface area contributed by atoms with Crippen LogP contribution in [0.25, 0.3) is 0 Å². The van der Waals surface area contributed by atoms with Gasteiger partial charge in [0.15, 0.2) is 0 Å². The van der Waals surface area contributed by atoms with Gasteiger partial charge in [-0.1, -0.05) is 24.3 Å². The molecule has 2 N–H and O–H groups in total. The minimum Gasteiger partial charge on any atom is -0.372 e. The number of anilines is 4. The molecule has 5 nitrogen and oxygen atoms in total. The van der Waals surface area contributed by atoms with Crippen LogP contribution in [-0.4, -0.2) is 23.1 Å². The Labute approximate surface area is 167 Å². The van der Waals surface area contributed by atoms with Gasteiger partial charge in [-0.2, -0.15) is 4.98 Å². The Morgan fingerprint density at radius 1 is 0.893 bits per heavy atom. The highest BCUT2D eigenvalue weighted by molar-refractivity contribution is 5.61. The van der Waals surface area contributed by atoms with Crippen molar-refractivity contribution in [2.75, 3.05) is 28.6 Å². The smallest absolute Gasteiger partial charge is 0.225 e. The number of hydrogen-bond donors (Lipinski definition) is 2. The summed E-state index contributed by atoms with van der Waals surface area (Å²) < 4.78 is 0. The molecule has 0 unspecified atom stereocenters. The van der Waals surface area contributed by atoms with Crippen LogP contribution in [0.1, 0.15) is 30.7 Å². The average molecular weight is 376 g/mol. The summed E-state index contributed by atoms with van der Waals surface area (Å²) >= 11 is 0. The number of nitrogens with zero attached hydrogens (tertiary/aromatic N) is 3. The lowest BCUT2D eigenvalue weighted by molar-refractivity contribution is 0.866. The van der Waals surface area contributed by atoms with E-state index in [0.717, 1.165) is 30.3 Å². The van der Waals surface area contributed by atoms with E-state index >= 15 is 0 Å². The summed E-state index contributed by atoms with van der Waals surface area (Å²) in [4.78, 5) is 11.5. The highest BCUT2D eigenvalue weighted by Gasteiger charge is 2.05. The van der Waals surface area contributed by atoms with Crippen molar-refractivity contribution in [1.82, 2.24) is 9.97 Å². The first kappa shape index (κ1) is 19.7. The molecule has 5 heteroatoms. The summed E-state index contributed by atoms with van der Waals surface area (Å²) in [6.07, 6.45) is 0. The van der Waals surface area contributed by atoms with Gasteiger partial charge >= 0.3 is 0 Å². The lowest BCUT2D eigenvalue weighted by Crippen LogP contribution is -2.21. The fraction of sp³-hybridized carbons (Fsp3) is 0.304. The monoisotopic (exact) mass is 375 g/mol. The van der Waals surface area contributed by atoms with Gasteiger partial charge < -0.3 is 15.5 Å². The van der Waals surface area contributed by atoms with E-state index in [-0.39, 0.29) is 0 Å². The molecule has 0 radical (unpaired) electrons. The third-order valence-electron chi connectivity index (χ3n) is 4.82. The third kappa shape index (κ3) is 5.00. The van der Waals surface area contributed by atoms with Crippen LogP contribution < -0.4 is 15.5 Å². The Bertz CT molecular complexity index is 901. The molecule has 0 aliphatic carbocycles. The Morgan fingerprint density at radius 2 is 1.61 bits per heavy atom. The molecule has 0 aliphatic heterocycles. The molecule has 0 amide bonds. The molecular formula is C23H29N5. The van der Waals surface area contributed by atoms with Crippen molar-refractivity contribution >= 4 is 23.1 Å². The number of benzene rings is 2. The Kier molecular flexibility index (Phi) is 6.48. The SMILES string of the molecule is CCN(CC)c1ccc(Nc2cc(C)nc(NCc3ccccc3C)n2)cc1. The lowest BCUT2D eigenvalue weighted by Gasteiger charge is -2.21. The Hall–Kier alpha value is -3.08.